The molecule has 3 amide bonds. The van der Waals surface area contributed by atoms with Crippen molar-refractivity contribution in [3.8, 4) is 5.75 Å². The molecule has 0 heterocycles. The number of unbranched alkanes of at least 4 members (excludes halogenated alkanes) is 7. The smallest absolute Gasteiger partial charge is 0.338 e. The molecule has 1 atom stereocenters. The van der Waals surface area contributed by atoms with E-state index in [1.165, 1.54) is 0 Å². The van der Waals surface area contributed by atoms with E-state index in [2.05, 4.69) is 16.0 Å². The van der Waals surface area contributed by atoms with E-state index in [4.69, 9.17) is 38.3 Å². The summed E-state index contributed by atoms with van der Waals surface area (Å²) in [5.74, 6) is -2.16. The summed E-state index contributed by atoms with van der Waals surface area (Å²) >= 11 is 0. The minimum atomic E-state index is -1.05. The van der Waals surface area contributed by atoms with Crippen LogP contribution in [0.25, 0.3) is 0 Å². The van der Waals surface area contributed by atoms with Gasteiger partial charge in [-0.3, -0.25) is 14.4 Å². The molecule has 1 aromatic carbocycles. The Labute approximate surface area is 355 Å². The average Bonchev–Trinajstić information content (AvgIpc) is 3.16. The van der Waals surface area contributed by atoms with E-state index in [0.717, 1.165) is 50.7 Å². The second-order valence-corrected chi connectivity index (χ2v) is 16.1. The van der Waals surface area contributed by atoms with Gasteiger partial charge in [-0.15, -0.1) is 0 Å². The molecule has 342 valence electrons. The number of amides is 3. The van der Waals surface area contributed by atoms with E-state index in [0.29, 0.717) is 18.6 Å². The number of esters is 2. The molecule has 0 saturated carbocycles. The van der Waals surface area contributed by atoms with Crippen LogP contribution in [0, 0.1) is 0 Å². The summed E-state index contributed by atoms with van der Waals surface area (Å²) in [5.41, 5.74) is -0.806. The number of carbonyl (C=O) groups excluding carboxylic acids is 5. The second-order valence-electron chi connectivity index (χ2n) is 16.1. The maximum Gasteiger partial charge on any atom is 0.338 e. The van der Waals surface area contributed by atoms with Crippen molar-refractivity contribution in [2.75, 3.05) is 72.6 Å². The summed E-state index contributed by atoms with van der Waals surface area (Å²) in [6.07, 6.45) is 8.19. The van der Waals surface area contributed by atoms with Crippen molar-refractivity contribution in [3.63, 3.8) is 0 Å². The van der Waals surface area contributed by atoms with Crippen LogP contribution in [-0.2, 0) is 52.4 Å². The molecule has 0 fully saturated rings. The summed E-state index contributed by atoms with van der Waals surface area (Å²) in [5, 5.41) is 16.6. The van der Waals surface area contributed by atoms with Gasteiger partial charge in [0.15, 0.2) is 0 Å². The zero-order chi connectivity index (χ0) is 44.7. The number of aliphatic carboxylic acids is 1. The van der Waals surface area contributed by atoms with Gasteiger partial charge < -0.3 is 54.2 Å². The topological polar surface area (TPSA) is 223 Å². The molecule has 0 aliphatic carbocycles. The minimum Gasteiger partial charge on any atom is -0.494 e. The average molecular weight is 854 g/mol. The van der Waals surface area contributed by atoms with Crippen molar-refractivity contribution >= 4 is 35.6 Å². The largest absolute Gasteiger partial charge is 0.494 e. The predicted octanol–water partition coefficient (Wildman–Crippen LogP) is 4.52. The normalized spacial score (nSPS) is 12.0. The fourth-order valence-corrected chi connectivity index (χ4v) is 5.26. The quantitative estimate of drug-likeness (QED) is 0.0553. The van der Waals surface area contributed by atoms with Gasteiger partial charge in [-0.05, 0) is 85.1 Å². The van der Waals surface area contributed by atoms with E-state index in [1.54, 1.807) is 45.0 Å². The van der Waals surface area contributed by atoms with E-state index in [1.807, 2.05) is 20.8 Å². The molecule has 0 radical (unpaired) electrons. The Morgan fingerprint density at radius 2 is 1.08 bits per heavy atom. The van der Waals surface area contributed by atoms with Crippen molar-refractivity contribution in [2.24, 2.45) is 0 Å². The van der Waals surface area contributed by atoms with Crippen molar-refractivity contribution < 1.29 is 67.0 Å². The number of benzene rings is 1. The first-order valence-electron chi connectivity index (χ1n) is 21.0. The number of rotatable bonds is 34. The summed E-state index contributed by atoms with van der Waals surface area (Å²) in [7, 11) is 0. The first-order chi connectivity index (χ1) is 28.4. The van der Waals surface area contributed by atoms with Crippen LogP contribution in [0.5, 0.6) is 5.75 Å². The van der Waals surface area contributed by atoms with Gasteiger partial charge in [-0.1, -0.05) is 38.5 Å². The fourth-order valence-electron chi connectivity index (χ4n) is 5.26. The predicted molar refractivity (Wildman–Crippen MR) is 223 cm³/mol. The van der Waals surface area contributed by atoms with Crippen LogP contribution in [0.1, 0.15) is 123 Å². The lowest BCUT2D eigenvalue weighted by atomic mass is 10.1. The van der Waals surface area contributed by atoms with E-state index in [9.17, 15) is 28.8 Å². The zero-order valence-electron chi connectivity index (χ0n) is 36.7. The van der Waals surface area contributed by atoms with Crippen LogP contribution in [0.15, 0.2) is 24.3 Å². The third-order valence-corrected chi connectivity index (χ3v) is 8.08. The van der Waals surface area contributed by atoms with Gasteiger partial charge in [-0.2, -0.15) is 0 Å². The number of ether oxygens (including phenoxy) is 7. The lowest BCUT2D eigenvalue weighted by Gasteiger charge is -2.24. The molecule has 0 unspecified atom stereocenters. The molecule has 0 aromatic heterocycles. The van der Waals surface area contributed by atoms with E-state index >= 15 is 0 Å². The summed E-state index contributed by atoms with van der Waals surface area (Å²) < 4.78 is 37.4. The van der Waals surface area contributed by atoms with Crippen LogP contribution in [0.2, 0.25) is 0 Å². The van der Waals surface area contributed by atoms with Crippen LogP contribution < -0.4 is 20.7 Å². The van der Waals surface area contributed by atoms with Crippen LogP contribution in [0.3, 0.4) is 0 Å². The third-order valence-electron chi connectivity index (χ3n) is 8.08. The molecule has 1 aromatic rings. The molecule has 60 heavy (non-hydrogen) atoms. The molecule has 0 saturated heterocycles. The van der Waals surface area contributed by atoms with Crippen LogP contribution in [0.4, 0.5) is 0 Å². The highest BCUT2D eigenvalue weighted by Gasteiger charge is 2.27. The Morgan fingerprint density at radius 3 is 1.65 bits per heavy atom. The highest BCUT2D eigenvalue weighted by molar-refractivity contribution is 5.89. The Hall–Kier alpha value is -4.32. The Balaban J connectivity index is 2.16. The van der Waals surface area contributed by atoms with Gasteiger partial charge in [0.1, 0.15) is 36.2 Å². The SMILES string of the molecule is CC(C)(C)OC(=O)c1ccc(OCCCCCCCCCCC(=O)N[C@H](CCC(=O)NCCOCCOCC(=O)NCCOCCOCC(=O)O)C(=O)OC(C)(C)C)cc1. The molecular weight excluding hydrogens is 782 g/mol. The molecule has 4 N–H and O–H groups in total. The van der Waals surface area contributed by atoms with Gasteiger partial charge in [0.05, 0.1) is 51.8 Å². The minimum absolute atomic E-state index is 0.00102. The van der Waals surface area contributed by atoms with Crippen molar-refractivity contribution in [1.82, 2.24) is 16.0 Å². The van der Waals surface area contributed by atoms with Gasteiger partial charge in [-0.25, -0.2) is 14.4 Å². The molecule has 0 aliphatic rings. The molecule has 1 rings (SSSR count). The monoisotopic (exact) mass is 853 g/mol. The Morgan fingerprint density at radius 1 is 0.567 bits per heavy atom. The standard InChI is InChI=1S/C43H71N3O14/c1-42(2,3)59-40(52)33-16-18-34(19-17-33)58-24-14-12-10-8-7-9-11-13-15-37(48)46-35(41(53)60-43(4,5)6)20-21-36(47)44-22-25-54-27-29-56-31-38(49)45-23-26-55-28-30-57-32-39(50)51/h16-19,35H,7-15,20-32H2,1-6H3,(H,44,47)(H,45,49)(H,46,48)(H,50,51)/t35-/m1/s1. The van der Waals surface area contributed by atoms with Gasteiger partial charge >= 0.3 is 17.9 Å². The maximum atomic E-state index is 12.9. The van der Waals surface area contributed by atoms with Crippen LogP contribution in [-0.4, -0.2) is 131 Å². The molecular formula is C43H71N3O14. The number of carbonyl (C=O) groups is 6. The highest BCUT2D eigenvalue weighted by atomic mass is 16.6. The number of hydrogen-bond acceptors (Lipinski definition) is 13. The molecule has 0 bridgehead atoms. The maximum absolute atomic E-state index is 12.9. The lowest BCUT2D eigenvalue weighted by molar-refractivity contribution is -0.159. The molecule has 0 aliphatic heterocycles. The zero-order valence-corrected chi connectivity index (χ0v) is 36.7. The number of nitrogens with one attached hydrogen (secondary N) is 3. The summed E-state index contributed by atoms with van der Waals surface area (Å²) in [6, 6.07) is 6.03. The second kappa shape index (κ2) is 31.5. The van der Waals surface area contributed by atoms with Crippen molar-refractivity contribution in [1.29, 1.82) is 0 Å². The summed E-state index contributed by atoms with van der Waals surface area (Å²) in [6.45, 7) is 12.5. The van der Waals surface area contributed by atoms with Crippen molar-refractivity contribution in [2.45, 2.75) is 129 Å². The van der Waals surface area contributed by atoms with Crippen molar-refractivity contribution in [3.05, 3.63) is 29.8 Å². The first-order valence-corrected chi connectivity index (χ1v) is 21.0. The number of carboxylic acids is 1. The lowest BCUT2D eigenvalue weighted by Crippen LogP contribution is -2.44. The third kappa shape index (κ3) is 31.6. The number of carboxylic acid groups (broad SMARTS) is 1. The first kappa shape index (κ1) is 53.7. The van der Waals surface area contributed by atoms with E-state index < -0.39 is 29.2 Å². The van der Waals surface area contributed by atoms with Crippen LogP contribution >= 0.6 is 0 Å². The molecule has 17 heteroatoms. The molecule has 0 spiro atoms. The molecule has 17 nitrogen and oxygen atoms in total. The Bertz CT molecular complexity index is 1390. The van der Waals surface area contributed by atoms with Gasteiger partial charge in [0, 0.05) is 25.9 Å². The van der Waals surface area contributed by atoms with Gasteiger partial charge in [0.2, 0.25) is 17.7 Å². The van der Waals surface area contributed by atoms with E-state index in [-0.39, 0.29) is 109 Å². The fraction of sp³-hybridized carbons (Fsp3) is 0.721. The highest BCUT2D eigenvalue weighted by Crippen LogP contribution is 2.17. The Kier molecular flexibility index (Phi) is 28.2. The number of hydrogen-bond donors (Lipinski definition) is 4. The van der Waals surface area contributed by atoms with Gasteiger partial charge in [0.25, 0.3) is 0 Å². The summed E-state index contributed by atoms with van der Waals surface area (Å²) in [4.78, 5) is 72.4.